The maximum absolute atomic E-state index is 11.8. The van der Waals surface area contributed by atoms with E-state index in [2.05, 4.69) is 17.2 Å². The fraction of sp³-hybridized carbons (Fsp3) is 0.400. The van der Waals surface area contributed by atoms with E-state index in [-0.39, 0.29) is 18.0 Å². The Morgan fingerprint density at radius 1 is 1.42 bits per heavy atom. The van der Waals surface area contributed by atoms with Crippen LogP contribution in [0.3, 0.4) is 0 Å². The summed E-state index contributed by atoms with van der Waals surface area (Å²) >= 11 is 0. The van der Waals surface area contributed by atoms with E-state index in [1.807, 2.05) is 39.0 Å². The van der Waals surface area contributed by atoms with Gasteiger partial charge in [0.1, 0.15) is 12.4 Å². The Kier molecular flexibility index (Phi) is 5.57. The van der Waals surface area contributed by atoms with Crippen LogP contribution in [0.5, 0.6) is 5.75 Å². The minimum Gasteiger partial charge on any atom is -0.489 e. The van der Waals surface area contributed by atoms with E-state index in [9.17, 15) is 4.79 Å². The largest absolute Gasteiger partial charge is 0.489 e. The molecule has 0 aliphatic carbocycles. The van der Waals surface area contributed by atoms with Gasteiger partial charge in [0.05, 0.1) is 6.54 Å². The molecule has 1 rings (SSSR count). The van der Waals surface area contributed by atoms with Crippen molar-refractivity contribution in [2.24, 2.45) is 0 Å². The van der Waals surface area contributed by atoms with Crippen molar-refractivity contribution in [3.63, 3.8) is 0 Å². The summed E-state index contributed by atoms with van der Waals surface area (Å²) in [5.74, 6) is 0.636. The van der Waals surface area contributed by atoms with Crippen molar-refractivity contribution in [1.29, 1.82) is 0 Å². The number of rotatable bonds is 6. The van der Waals surface area contributed by atoms with E-state index in [1.165, 1.54) is 0 Å². The topological polar surface area (TPSA) is 50.4 Å². The first-order valence-corrected chi connectivity index (χ1v) is 6.29. The first-order chi connectivity index (χ1) is 8.90. The summed E-state index contributed by atoms with van der Waals surface area (Å²) in [5.41, 5.74) is 0.647. The third-order valence-corrected chi connectivity index (χ3v) is 2.26. The molecule has 1 aromatic rings. The summed E-state index contributed by atoms with van der Waals surface area (Å²) in [6, 6.07) is 7.30. The molecule has 0 heterocycles. The molecule has 2 N–H and O–H groups in total. The number of anilines is 1. The molecule has 0 spiro atoms. The van der Waals surface area contributed by atoms with Crippen LogP contribution in [-0.2, 0) is 4.79 Å². The Hall–Kier alpha value is -1.81. The number of hydrogen-bond donors (Lipinski definition) is 2. The number of nitrogens with one attached hydrogen (secondary N) is 2. The van der Waals surface area contributed by atoms with Crippen LogP contribution in [0, 0.1) is 0 Å². The lowest BCUT2D eigenvalue weighted by atomic mass is 10.1. The highest BCUT2D eigenvalue weighted by Crippen LogP contribution is 2.17. The van der Waals surface area contributed by atoms with Crippen molar-refractivity contribution in [3.8, 4) is 5.75 Å². The summed E-state index contributed by atoms with van der Waals surface area (Å²) in [6.07, 6.45) is 1.68. The van der Waals surface area contributed by atoms with Crippen molar-refractivity contribution in [1.82, 2.24) is 5.32 Å². The molecular weight excluding hydrogens is 240 g/mol. The Morgan fingerprint density at radius 3 is 2.79 bits per heavy atom. The summed E-state index contributed by atoms with van der Waals surface area (Å²) in [6.45, 7) is 10.4. The van der Waals surface area contributed by atoms with Crippen LogP contribution in [-0.4, -0.2) is 24.6 Å². The van der Waals surface area contributed by atoms with Crippen molar-refractivity contribution < 1.29 is 9.53 Å². The van der Waals surface area contributed by atoms with E-state index < -0.39 is 0 Å². The maximum Gasteiger partial charge on any atom is 0.238 e. The molecule has 0 saturated heterocycles. The predicted octanol–water partition coefficient (Wildman–Crippen LogP) is 2.58. The second-order valence-corrected chi connectivity index (χ2v) is 5.28. The highest BCUT2D eigenvalue weighted by atomic mass is 16.5. The average molecular weight is 262 g/mol. The number of hydrogen-bond acceptors (Lipinski definition) is 3. The van der Waals surface area contributed by atoms with E-state index in [1.54, 1.807) is 12.1 Å². The molecule has 19 heavy (non-hydrogen) atoms. The Morgan fingerprint density at radius 2 is 2.16 bits per heavy atom. The smallest absolute Gasteiger partial charge is 0.238 e. The molecule has 1 aromatic carbocycles. The normalized spacial score (nSPS) is 10.9. The number of carbonyl (C=O) groups excluding carboxylic acids is 1. The summed E-state index contributed by atoms with van der Waals surface area (Å²) in [4.78, 5) is 11.8. The lowest BCUT2D eigenvalue weighted by Gasteiger charge is -2.20. The van der Waals surface area contributed by atoms with Crippen LogP contribution in [0.15, 0.2) is 36.9 Å². The lowest BCUT2D eigenvalue weighted by Crippen LogP contribution is -2.41. The van der Waals surface area contributed by atoms with Crippen LogP contribution < -0.4 is 15.4 Å². The van der Waals surface area contributed by atoms with E-state index in [0.717, 1.165) is 5.69 Å². The lowest BCUT2D eigenvalue weighted by molar-refractivity contribution is -0.115. The zero-order chi connectivity index (χ0) is 14.3. The first kappa shape index (κ1) is 15.2. The van der Waals surface area contributed by atoms with Gasteiger partial charge in [-0.2, -0.15) is 0 Å². The SMILES string of the molecule is C=CCOc1cccc(NC(=O)CNC(C)(C)C)c1. The summed E-state index contributed by atoms with van der Waals surface area (Å²) < 4.78 is 5.41. The van der Waals surface area contributed by atoms with Crippen molar-refractivity contribution in [2.75, 3.05) is 18.5 Å². The highest BCUT2D eigenvalue weighted by molar-refractivity contribution is 5.92. The number of amides is 1. The van der Waals surface area contributed by atoms with Gasteiger partial charge in [-0.3, -0.25) is 4.79 Å². The van der Waals surface area contributed by atoms with Gasteiger partial charge in [-0.25, -0.2) is 0 Å². The van der Waals surface area contributed by atoms with E-state index >= 15 is 0 Å². The van der Waals surface area contributed by atoms with Gasteiger partial charge in [-0.15, -0.1) is 0 Å². The number of carbonyl (C=O) groups is 1. The maximum atomic E-state index is 11.8. The molecule has 1 amide bonds. The molecule has 0 bridgehead atoms. The Bertz CT molecular complexity index is 436. The summed E-state index contributed by atoms with van der Waals surface area (Å²) in [5, 5.41) is 5.96. The Balaban J connectivity index is 2.52. The van der Waals surface area contributed by atoms with E-state index in [4.69, 9.17) is 4.74 Å². The van der Waals surface area contributed by atoms with Crippen molar-refractivity contribution >= 4 is 11.6 Å². The Labute approximate surface area is 114 Å². The van der Waals surface area contributed by atoms with Crippen molar-refractivity contribution in [3.05, 3.63) is 36.9 Å². The molecule has 4 heteroatoms. The fourth-order valence-corrected chi connectivity index (χ4v) is 1.37. The first-order valence-electron chi connectivity index (χ1n) is 6.29. The van der Waals surface area contributed by atoms with Crippen LogP contribution in [0.25, 0.3) is 0 Å². The quantitative estimate of drug-likeness (QED) is 0.775. The molecule has 0 unspecified atom stereocenters. The molecular formula is C15H22N2O2. The molecule has 0 saturated carbocycles. The van der Waals surface area contributed by atoms with Gasteiger partial charge in [-0.1, -0.05) is 18.7 Å². The second kappa shape index (κ2) is 6.95. The molecule has 0 fully saturated rings. The zero-order valence-corrected chi connectivity index (χ0v) is 11.8. The monoisotopic (exact) mass is 262 g/mol. The van der Waals surface area contributed by atoms with E-state index in [0.29, 0.717) is 12.4 Å². The third kappa shape index (κ3) is 6.62. The van der Waals surface area contributed by atoms with Crippen LogP contribution in [0.2, 0.25) is 0 Å². The van der Waals surface area contributed by atoms with Crippen LogP contribution in [0.4, 0.5) is 5.69 Å². The third-order valence-electron chi connectivity index (χ3n) is 2.26. The molecule has 0 radical (unpaired) electrons. The van der Waals surface area contributed by atoms with Gasteiger partial charge < -0.3 is 15.4 Å². The zero-order valence-electron chi connectivity index (χ0n) is 11.8. The number of benzene rings is 1. The predicted molar refractivity (Wildman–Crippen MR) is 78.5 cm³/mol. The van der Waals surface area contributed by atoms with Gasteiger partial charge in [0, 0.05) is 17.3 Å². The van der Waals surface area contributed by atoms with Gasteiger partial charge in [0.15, 0.2) is 0 Å². The molecule has 0 atom stereocenters. The fourth-order valence-electron chi connectivity index (χ4n) is 1.37. The molecule has 0 aromatic heterocycles. The summed E-state index contributed by atoms with van der Waals surface area (Å²) in [7, 11) is 0. The number of ether oxygens (including phenoxy) is 1. The van der Waals surface area contributed by atoms with Gasteiger partial charge >= 0.3 is 0 Å². The standard InChI is InChI=1S/C15H22N2O2/c1-5-9-19-13-8-6-7-12(10-13)17-14(18)11-16-15(2,3)4/h5-8,10,16H,1,9,11H2,2-4H3,(H,17,18). The minimum atomic E-state index is -0.0771. The van der Waals surface area contributed by atoms with Gasteiger partial charge in [-0.05, 0) is 32.9 Å². The van der Waals surface area contributed by atoms with Crippen LogP contribution >= 0.6 is 0 Å². The second-order valence-electron chi connectivity index (χ2n) is 5.28. The molecule has 104 valence electrons. The van der Waals surface area contributed by atoms with Gasteiger partial charge in [0.2, 0.25) is 5.91 Å². The minimum absolute atomic E-state index is 0.0733. The molecule has 0 aliphatic heterocycles. The van der Waals surface area contributed by atoms with Crippen molar-refractivity contribution in [2.45, 2.75) is 26.3 Å². The average Bonchev–Trinajstić information content (AvgIpc) is 2.33. The van der Waals surface area contributed by atoms with Crippen LogP contribution in [0.1, 0.15) is 20.8 Å². The van der Waals surface area contributed by atoms with Gasteiger partial charge in [0.25, 0.3) is 0 Å². The molecule has 0 aliphatic rings. The highest BCUT2D eigenvalue weighted by Gasteiger charge is 2.11. The molecule has 4 nitrogen and oxygen atoms in total.